The zero-order chi connectivity index (χ0) is 17.1. The molecule has 0 aliphatic heterocycles. The number of hydrogen-bond acceptors (Lipinski definition) is 4. The fourth-order valence-corrected chi connectivity index (χ4v) is 2.54. The summed E-state index contributed by atoms with van der Waals surface area (Å²) in [6.45, 7) is 7.44. The van der Waals surface area contributed by atoms with E-state index in [0.29, 0.717) is 11.4 Å². The predicted molar refractivity (Wildman–Crippen MR) is 90.9 cm³/mol. The molecule has 124 valence electrons. The van der Waals surface area contributed by atoms with Crippen LogP contribution in [0.1, 0.15) is 27.7 Å². The molecule has 22 heavy (non-hydrogen) atoms. The van der Waals surface area contributed by atoms with Gasteiger partial charge in [-0.25, -0.2) is 8.42 Å². The minimum absolute atomic E-state index is 0.137. The SMILES string of the molecule is CC(Nc1ccc(NS(C)(=O)=O)c(Cl)c1)C(=O)NC(C)(C)C. The van der Waals surface area contributed by atoms with Crippen LogP contribution in [0.25, 0.3) is 0 Å². The Bertz CT molecular complexity index is 654. The molecule has 1 atom stereocenters. The van der Waals surface area contributed by atoms with E-state index in [4.69, 9.17) is 11.6 Å². The standard InChI is InChI=1S/C14H22ClN3O3S/c1-9(13(19)17-14(2,3)4)16-10-6-7-12(11(15)8-10)18-22(5,20)21/h6-9,16,18H,1-5H3,(H,17,19). The molecule has 0 aliphatic carbocycles. The largest absolute Gasteiger partial charge is 0.374 e. The summed E-state index contributed by atoms with van der Waals surface area (Å²) in [6, 6.07) is 4.31. The topological polar surface area (TPSA) is 87.3 Å². The Kier molecular flexibility index (Phi) is 5.70. The average Bonchev–Trinajstić information content (AvgIpc) is 2.29. The lowest BCUT2D eigenvalue weighted by Gasteiger charge is -2.24. The Morgan fingerprint density at radius 2 is 1.86 bits per heavy atom. The van der Waals surface area contributed by atoms with Gasteiger partial charge in [-0.15, -0.1) is 0 Å². The van der Waals surface area contributed by atoms with Gasteiger partial charge in [-0.2, -0.15) is 0 Å². The minimum atomic E-state index is -3.39. The summed E-state index contributed by atoms with van der Waals surface area (Å²) in [5.74, 6) is -0.137. The zero-order valence-electron chi connectivity index (χ0n) is 13.3. The molecular weight excluding hydrogens is 326 g/mol. The molecule has 0 heterocycles. The highest BCUT2D eigenvalue weighted by atomic mass is 35.5. The molecule has 3 N–H and O–H groups in total. The molecule has 1 unspecified atom stereocenters. The van der Waals surface area contributed by atoms with Gasteiger partial charge in [-0.05, 0) is 45.9 Å². The molecule has 0 aromatic heterocycles. The van der Waals surface area contributed by atoms with Crippen molar-refractivity contribution in [1.82, 2.24) is 5.32 Å². The van der Waals surface area contributed by atoms with Crippen LogP contribution < -0.4 is 15.4 Å². The summed E-state index contributed by atoms with van der Waals surface area (Å²) in [6.07, 6.45) is 1.05. The van der Waals surface area contributed by atoms with E-state index in [1.54, 1.807) is 25.1 Å². The highest BCUT2D eigenvalue weighted by Crippen LogP contribution is 2.26. The van der Waals surface area contributed by atoms with Crippen molar-refractivity contribution < 1.29 is 13.2 Å². The molecule has 1 aromatic carbocycles. The summed E-state index contributed by atoms with van der Waals surface area (Å²) >= 11 is 6.04. The maximum atomic E-state index is 12.0. The Morgan fingerprint density at radius 3 is 2.32 bits per heavy atom. The van der Waals surface area contributed by atoms with E-state index in [1.807, 2.05) is 20.8 Å². The van der Waals surface area contributed by atoms with Crippen molar-refractivity contribution in [2.24, 2.45) is 0 Å². The van der Waals surface area contributed by atoms with Crippen molar-refractivity contribution in [3.8, 4) is 0 Å². The highest BCUT2D eigenvalue weighted by Gasteiger charge is 2.19. The molecule has 1 amide bonds. The van der Waals surface area contributed by atoms with Crippen molar-refractivity contribution in [3.63, 3.8) is 0 Å². The first-order valence-corrected chi connectivity index (χ1v) is 9.00. The van der Waals surface area contributed by atoms with Crippen molar-refractivity contribution in [2.75, 3.05) is 16.3 Å². The molecule has 1 aromatic rings. The summed E-state index contributed by atoms with van der Waals surface area (Å²) in [5.41, 5.74) is 0.607. The van der Waals surface area contributed by atoms with Gasteiger partial charge in [0.05, 0.1) is 17.0 Å². The van der Waals surface area contributed by atoms with E-state index in [0.717, 1.165) is 6.26 Å². The van der Waals surface area contributed by atoms with E-state index in [-0.39, 0.29) is 16.5 Å². The summed E-state index contributed by atoms with van der Waals surface area (Å²) < 4.78 is 24.7. The molecule has 1 rings (SSSR count). The summed E-state index contributed by atoms with van der Waals surface area (Å²) in [5, 5.41) is 6.14. The van der Waals surface area contributed by atoms with Gasteiger partial charge in [0.2, 0.25) is 15.9 Å². The van der Waals surface area contributed by atoms with Crippen LogP contribution in [0.5, 0.6) is 0 Å². The highest BCUT2D eigenvalue weighted by molar-refractivity contribution is 7.92. The van der Waals surface area contributed by atoms with Gasteiger partial charge >= 0.3 is 0 Å². The van der Waals surface area contributed by atoms with Crippen molar-refractivity contribution in [1.29, 1.82) is 0 Å². The van der Waals surface area contributed by atoms with Crippen LogP contribution in [0.2, 0.25) is 5.02 Å². The van der Waals surface area contributed by atoms with E-state index in [1.165, 1.54) is 0 Å². The second-order valence-electron chi connectivity index (χ2n) is 6.17. The third-order valence-electron chi connectivity index (χ3n) is 2.54. The van der Waals surface area contributed by atoms with Crippen LogP contribution in [0.3, 0.4) is 0 Å². The molecule has 0 bridgehead atoms. The Labute approximate surface area is 136 Å². The van der Waals surface area contributed by atoms with Gasteiger partial charge in [0.25, 0.3) is 0 Å². The first-order valence-electron chi connectivity index (χ1n) is 6.73. The van der Waals surface area contributed by atoms with E-state index >= 15 is 0 Å². The Morgan fingerprint density at radius 1 is 1.27 bits per heavy atom. The molecule has 0 spiro atoms. The maximum Gasteiger partial charge on any atom is 0.242 e. The van der Waals surface area contributed by atoms with Crippen LogP contribution in [-0.4, -0.2) is 32.2 Å². The van der Waals surface area contributed by atoms with E-state index in [9.17, 15) is 13.2 Å². The number of benzene rings is 1. The zero-order valence-corrected chi connectivity index (χ0v) is 14.9. The molecule has 6 nitrogen and oxygen atoms in total. The lowest BCUT2D eigenvalue weighted by molar-refractivity contribution is -0.122. The van der Waals surface area contributed by atoms with E-state index in [2.05, 4.69) is 15.4 Å². The third kappa shape index (κ3) is 6.53. The molecular formula is C14H22ClN3O3S. The second-order valence-corrected chi connectivity index (χ2v) is 8.33. The molecule has 0 saturated carbocycles. The van der Waals surface area contributed by atoms with Crippen LogP contribution in [0.4, 0.5) is 11.4 Å². The number of sulfonamides is 1. The number of halogens is 1. The Hall–Kier alpha value is -1.47. The van der Waals surface area contributed by atoms with Gasteiger partial charge < -0.3 is 10.6 Å². The number of anilines is 2. The number of amides is 1. The van der Waals surface area contributed by atoms with Gasteiger partial charge in [0, 0.05) is 11.2 Å². The maximum absolute atomic E-state index is 12.0. The van der Waals surface area contributed by atoms with Gasteiger partial charge in [0.1, 0.15) is 6.04 Å². The quantitative estimate of drug-likeness (QED) is 0.763. The smallest absolute Gasteiger partial charge is 0.242 e. The summed E-state index contributed by atoms with van der Waals surface area (Å²) in [4.78, 5) is 12.0. The second kappa shape index (κ2) is 6.75. The van der Waals surface area contributed by atoms with Crippen molar-refractivity contribution in [2.45, 2.75) is 39.3 Å². The van der Waals surface area contributed by atoms with Gasteiger partial charge in [-0.1, -0.05) is 11.6 Å². The number of rotatable bonds is 5. The fraction of sp³-hybridized carbons (Fsp3) is 0.500. The first kappa shape index (κ1) is 18.6. The normalized spacial score (nSPS) is 13.4. The lowest BCUT2D eigenvalue weighted by atomic mass is 10.1. The van der Waals surface area contributed by atoms with Crippen molar-refractivity contribution in [3.05, 3.63) is 23.2 Å². The van der Waals surface area contributed by atoms with Crippen LogP contribution in [-0.2, 0) is 14.8 Å². The molecule has 0 fully saturated rings. The molecule has 0 saturated heterocycles. The first-order chi connectivity index (χ1) is 9.87. The van der Waals surface area contributed by atoms with Crippen molar-refractivity contribution >= 4 is 38.9 Å². The van der Waals surface area contributed by atoms with Crippen LogP contribution in [0, 0.1) is 0 Å². The lowest BCUT2D eigenvalue weighted by Crippen LogP contribution is -2.47. The molecule has 0 radical (unpaired) electrons. The van der Waals surface area contributed by atoms with Crippen LogP contribution >= 0.6 is 11.6 Å². The monoisotopic (exact) mass is 347 g/mol. The number of hydrogen-bond donors (Lipinski definition) is 3. The molecule has 0 aliphatic rings. The summed E-state index contributed by atoms with van der Waals surface area (Å²) in [7, 11) is -3.39. The molecule has 8 heteroatoms. The van der Waals surface area contributed by atoms with Crippen LogP contribution in [0.15, 0.2) is 18.2 Å². The van der Waals surface area contributed by atoms with E-state index < -0.39 is 16.1 Å². The number of nitrogens with one attached hydrogen (secondary N) is 3. The average molecular weight is 348 g/mol. The fourth-order valence-electron chi connectivity index (χ4n) is 1.68. The van der Waals surface area contributed by atoms with Gasteiger partial charge in [0.15, 0.2) is 0 Å². The Balaban J connectivity index is 2.79. The number of carbonyl (C=O) groups is 1. The minimum Gasteiger partial charge on any atom is -0.374 e. The van der Waals surface area contributed by atoms with Gasteiger partial charge in [-0.3, -0.25) is 9.52 Å². The predicted octanol–water partition coefficient (Wildman–Crippen LogP) is 2.43. The third-order valence-corrected chi connectivity index (χ3v) is 3.44. The number of carbonyl (C=O) groups excluding carboxylic acids is 1.